The minimum atomic E-state index is -0.406. The average Bonchev–Trinajstić information content (AvgIpc) is 2.58. The Balaban J connectivity index is 2.14. The summed E-state index contributed by atoms with van der Waals surface area (Å²) in [6.07, 6.45) is 3.78. The molecule has 0 N–H and O–H groups in total. The van der Waals surface area contributed by atoms with Crippen LogP contribution in [0.3, 0.4) is 0 Å². The van der Waals surface area contributed by atoms with Crippen LogP contribution < -0.4 is 0 Å². The van der Waals surface area contributed by atoms with Gasteiger partial charge in [-0.1, -0.05) is 23.2 Å². The van der Waals surface area contributed by atoms with Crippen LogP contribution in [0.25, 0.3) is 0 Å². The Morgan fingerprint density at radius 3 is 2.73 bits per heavy atom. The first-order chi connectivity index (χ1) is 7.15. The molecule has 1 aliphatic rings. The smallest absolute Gasteiger partial charge is 0.155 e. The first-order valence-electron chi connectivity index (χ1n) is 4.81. The quantitative estimate of drug-likeness (QED) is 0.753. The third-order valence-corrected chi connectivity index (χ3v) is 2.76. The van der Waals surface area contributed by atoms with Crippen LogP contribution in [-0.4, -0.2) is 5.78 Å². The zero-order valence-corrected chi connectivity index (χ0v) is 8.85. The van der Waals surface area contributed by atoms with Gasteiger partial charge in [-0.2, -0.15) is 0 Å². The Bertz CT molecular complexity index is 437. The number of hydrogen-bond donors (Lipinski definition) is 0. The first kappa shape index (κ1) is 10.4. The van der Waals surface area contributed by atoms with Gasteiger partial charge in [-0.05, 0) is 36.6 Å². The highest BCUT2D eigenvalue weighted by Crippen LogP contribution is 2.22. The van der Waals surface area contributed by atoms with Crippen molar-refractivity contribution in [3.63, 3.8) is 0 Å². The summed E-state index contributed by atoms with van der Waals surface area (Å²) < 4.78 is 12.9. The van der Waals surface area contributed by atoms with E-state index in [9.17, 15) is 9.18 Å². The fourth-order valence-electron chi connectivity index (χ4n) is 1.71. The maximum absolute atomic E-state index is 12.9. The topological polar surface area (TPSA) is 17.1 Å². The zero-order chi connectivity index (χ0) is 10.8. The summed E-state index contributed by atoms with van der Waals surface area (Å²) >= 11 is 5.67. The number of hydrogen-bond acceptors (Lipinski definition) is 1. The molecule has 0 heterocycles. The molecule has 0 unspecified atom stereocenters. The summed E-state index contributed by atoms with van der Waals surface area (Å²) in [5.41, 5.74) is 2.05. The van der Waals surface area contributed by atoms with Crippen LogP contribution in [0.1, 0.15) is 18.4 Å². The lowest BCUT2D eigenvalue weighted by atomic mass is 10.1. The third kappa shape index (κ3) is 2.45. The van der Waals surface area contributed by atoms with Crippen LogP contribution in [0.4, 0.5) is 4.39 Å². The van der Waals surface area contributed by atoms with E-state index >= 15 is 0 Å². The number of carbonyl (C=O) groups is 1. The number of carbonyl (C=O) groups excluding carboxylic acids is 1. The monoisotopic (exact) mass is 224 g/mol. The number of allylic oxidation sites excluding steroid dienone is 2. The second kappa shape index (κ2) is 4.15. The molecule has 0 radical (unpaired) electrons. The number of benzene rings is 1. The Morgan fingerprint density at radius 1 is 1.33 bits per heavy atom. The van der Waals surface area contributed by atoms with Crippen molar-refractivity contribution in [3.8, 4) is 0 Å². The van der Waals surface area contributed by atoms with E-state index in [0.29, 0.717) is 12.8 Å². The van der Waals surface area contributed by atoms with Crippen LogP contribution in [0.5, 0.6) is 0 Å². The molecule has 3 heteroatoms. The van der Waals surface area contributed by atoms with Crippen molar-refractivity contribution in [1.29, 1.82) is 0 Å². The highest BCUT2D eigenvalue weighted by atomic mass is 35.5. The maximum Gasteiger partial charge on any atom is 0.155 e. The van der Waals surface area contributed by atoms with Gasteiger partial charge < -0.3 is 0 Å². The summed E-state index contributed by atoms with van der Waals surface area (Å²) in [4.78, 5) is 11.0. The van der Waals surface area contributed by atoms with Crippen molar-refractivity contribution >= 4 is 17.4 Å². The van der Waals surface area contributed by atoms with Gasteiger partial charge in [0.15, 0.2) is 5.78 Å². The fourth-order valence-corrected chi connectivity index (χ4v) is 1.91. The van der Waals surface area contributed by atoms with Crippen LogP contribution >= 0.6 is 11.6 Å². The molecule has 1 aliphatic carbocycles. The van der Waals surface area contributed by atoms with Gasteiger partial charge in [0.2, 0.25) is 0 Å². The molecule has 0 atom stereocenters. The molecule has 0 saturated heterocycles. The lowest BCUT2D eigenvalue weighted by molar-refractivity contribution is -0.114. The Morgan fingerprint density at radius 2 is 2.13 bits per heavy atom. The van der Waals surface area contributed by atoms with Crippen LogP contribution in [0, 0.1) is 5.82 Å². The summed E-state index contributed by atoms with van der Waals surface area (Å²) in [6, 6.07) is 4.67. The van der Waals surface area contributed by atoms with E-state index in [-0.39, 0.29) is 10.8 Å². The summed E-state index contributed by atoms with van der Waals surface area (Å²) in [6.45, 7) is 0. The second-order valence-corrected chi connectivity index (χ2v) is 4.10. The zero-order valence-electron chi connectivity index (χ0n) is 8.09. The van der Waals surface area contributed by atoms with Gasteiger partial charge in [0.1, 0.15) is 5.82 Å². The molecule has 0 spiro atoms. The summed E-state index contributed by atoms with van der Waals surface area (Å²) in [5.74, 6) is -0.227. The molecule has 0 amide bonds. The minimum absolute atomic E-state index is 0.137. The molecule has 0 saturated carbocycles. The molecule has 0 bridgehead atoms. The number of halogens is 2. The highest BCUT2D eigenvalue weighted by molar-refractivity contribution is 6.30. The van der Waals surface area contributed by atoms with Gasteiger partial charge in [0, 0.05) is 6.42 Å². The van der Waals surface area contributed by atoms with Crippen molar-refractivity contribution in [2.45, 2.75) is 19.3 Å². The molecular formula is C12H10ClFO. The highest BCUT2D eigenvalue weighted by Gasteiger charge is 2.12. The van der Waals surface area contributed by atoms with E-state index < -0.39 is 5.82 Å². The summed E-state index contributed by atoms with van der Waals surface area (Å²) in [5, 5.41) is 0.137. The van der Waals surface area contributed by atoms with Gasteiger partial charge >= 0.3 is 0 Å². The lowest BCUT2D eigenvalue weighted by Crippen LogP contribution is -1.89. The standard InChI is InChI=1S/C12H10ClFO/c13-11-7-9(2-4-12(11)14)5-8-1-3-10(15)6-8/h2,4,6-7H,1,3,5H2. The van der Waals surface area contributed by atoms with E-state index in [1.165, 1.54) is 6.07 Å². The van der Waals surface area contributed by atoms with Crippen LogP contribution in [-0.2, 0) is 11.2 Å². The van der Waals surface area contributed by atoms with Crippen molar-refractivity contribution in [2.24, 2.45) is 0 Å². The van der Waals surface area contributed by atoms with E-state index in [0.717, 1.165) is 17.6 Å². The third-order valence-electron chi connectivity index (χ3n) is 2.47. The van der Waals surface area contributed by atoms with Crippen LogP contribution in [0.15, 0.2) is 29.8 Å². The Labute approximate surface area is 92.6 Å². The average molecular weight is 225 g/mol. The molecule has 0 aliphatic heterocycles. The van der Waals surface area contributed by atoms with Gasteiger partial charge in [0.25, 0.3) is 0 Å². The second-order valence-electron chi connectivity index (χ2n) is 3.69. The SMILES string of the molecule is O=C1C=C(Cc2ccc(F)c(Cl)c2)CC1. The summed E-state index contributed by atoms with van der Waals surface area (Å²) in [7, 11) is 0. The molecule has 1 aromatic rings. The van der Waals surface area contributed by atoms with E-state index in [1.807, 2.05) is 0 Å². The molecule has 78 valence electrons. The van der Waals surface area contributed by atoms with Crippen molar-refractivity contribution < 1.29 is 9.18 Å². The number of rotatable bonds is 2. The molecule has 0 aromatic heterocycles. The molecule has 0 fully saturated rings. The number of ketones is 1. The predicted molar refractivity (Wildman–Crippen MR) is 57.4 cm³/mol. The fraction of sp³-hybridized carbons (Fsp3) is 0.250. The van der Waals surface area contributed by atoms with Gasteiger partial charge in [0.05, 0.1) is 5.02 Å². The van der Waals surface area contributed by atoms with E-state index in [1.54, 1.807) is 18.2 Å². The van der Waals surface area contributed by atoms with E-state index in [4.69, 9.17) is 11.6 Å². The van der Waals surface area contributed by atoms with Gasteiger partial charge in [-0.3, -0.25) is 4.79 Å². The Kier molecular flexibility index (Phi) is 2.87. The molecule has 1 aromatic carbocycles. The van der Waals surface area contributed by atoms with Gasteiger partial charge in [-0.15, -0.1) is 0 Å². The normalized spacial score (nSPS) is 15.6. The minimum Gasteiger partial charge on any atom is -0.295 e. The maximum atomic E-state index is 12.9. The van der Waals surface area contributed by atoms with Crippen LogP contribution in [0.2, 0.25) is 5.02 Å². The lowest BCUT2D eigenvalue weighted by Gasteiger charge is -2.02. The van der Waals surface area contributed by atoms with E-state index in [2.05, 4.69) is 0 Å². The van der Waals surface area contributed by atoms with Crippen molar-refractivity contribution in [3.05, 3.63) is 46.3 Å². The van der Waals surface area contributed by atoms with Crippen molar-refractivity contribution in [1.82, 2.24) is 0 Å². The van der Waals surface area contributed by atoms with Crippen molar-refractivity contribution in [2.75, 3.05) is 0 Å². The molecule has 1 nitrogen and oxygen atoms in total. The molecule has 2 rings (SSSR count). The van der Waals surface area contributed by atoms with Gasteiger partial charge in [-0.25, -0.2) is 4.39 Å². The first-order valence-corrected chi connectivity index (χ1v) is 5.19. The molecular weight excluding hydrogens is 215 g/mol. The molecule has 15 heavy (non-hydrogen) atoms. The predicted octanol–water partition coefficient (Wildman–Crippen LogP) is 3.31. The Hall–Kier alpha value is -1.15. The largest absolute Gasteiger partial charge is 0.295 e.